The Morgan fingerprint density at radius 3 is 2.33 bits per heavy atom. The summed E-state index contributed by atoms with van der Waals surface area (Å²) in [4.78, 5) is 23.1. The van der Waals surface area contributed by atoms with Gasteiger partial charge in [0.15, 0.2) is 15.8 Å². The minimum absolute atomic E-state index is 0.116. The number of piperazine rings is 1. The minimum Gasteiger partial charge on any atom is -0.368 e. The maximum atomic E-state index is 12.6. The largest absolute Gasteiger partial charge is 0.368 e. The number of carbonyl (C=O) groups is 1. The van der Waals surface area contributed by atoms with Crippen LogP contribution in [0.15, 0.2) is 35.3 Å². The Morgan fingerprint density at radius 2 is 1.73 bits per heavy atom. The van der Waals surface area contributed by atoms with Crippen LogP contribution in [0.2, 0.25) is 0 Å². The number of sulfone groups is 1. The van der Waals surface area contributed by atoms with Gasteiger partial charge in [-0.05, 0) is 26.0 Å². The van der Waals surface area contributed by atoms with Crippen LogP contribution < -0.4 is 10.2 Å². The van der Waals surface area contributed by atoms with E-state index >= 15 is 0 Å². The summed E-state index contributed by atoms with van der Waals surface area (Å²) in [5, 5.41) is 3.23. The van der Waals surface area contributed by atoms with Crippen molar-refractivity contribution in [3.63, 3.8) is 0 Å². The van der Waals surface area contributed by atoms with Crippen LogP contribution in [-0.4, -0.2) is 93.4 Å². The van der Waals surface area contributed by atoms with Gasteiger partial charge in [-0.3, -0.25) is 9.79 Å². The first kappa shape index (κ1) is 22.4. The molecule has 9 heteroatoms. The summed E-state index contributed by atoms with van der Waals surface area (Å²) in [7, 11) is -1.41. The number of guanidine groups is 1. The van der Waals surface area contributed by atoms with Crippen molar-refractivity contribution in [2.24, 2.45) is 4.99 Å². The summed E-state index contributed by atoms with van der Waals surface area (Å²) in [5.41, 5.74) is 1.20. The van der Waals surface area contributed by atoms with Gasteiger partial charge < -0.3 is 20.0 Å². The van der Waals surface area contributed by atoms with E-state index in [9.17, 15) is 13.2 Å². The lowest BCUT2D eigenvalue weighted by Gasteiger charge is -2.39. The van der Waals surface area contributed by atoms with E-state index in [4.69, 9.17) is 0 Å². The molecule has 3 rings (SSSR count). The number of benzene rings is 1. The molecule has 2 saturated heterocycles. The van der Waals surface area contributed by atoms with E-state index in [1.165, 1.54) is 5.69 Å². The molecule has 0 radical (unpaired) electrons. The highest BCUT2D eigenvalue weighted by Gasteiger charge is 2.40. The Bertz CT molecular complexity index is 862. The third kappa shape index (κ3) is 5.06. The lowest BCUT2D eigenvalue weighted by atomic mass is 10.2. The molecule has 2 aliphatic rings. The van der Waals surface area contributed by atoms with Crippen LogP contribution in [0.1, 0.15) is 20.3 Å². The molecule has 30 heavy (non-hydrogen) atoms. The lowest BCUT2D eigenvalue weighted by Crippen LogP contribution is -2.57. The summed E-state index contributed by atoms with van der Waals surface area (Å²) in [6.45, 7) is 7.91. The predicted octanol–water partition coefficient (Wildman–Crippen LogP) is 0.810. The third-order valence-electron chi connectivity index (χ3n) is 5.93. The summed E-state index contributed by atoms with van der Waals surface area (Å²) in [6.07, 6.45) is 0.389. The molecule has 0 aliphatic carbocycles. The number of para-hydroxylation sites is 1. The van der Waals surface area contributed by atoms with Gasteiger partial charge in [0.25, 0.3) is 0 Å². The number of nitrogens with one attached hydrogen (secondary N) is 1. The highest BCUT2D eigenvalue weighted by Crippen LogP contribution is 2.23. The maximum absolute atomic E-state index is 12.6. The van der Waals surface area contributed by atoms with Gasteiger partial charge in [0.1, 0.15) is 0 Å². The number of carbonyl (C=O) groups excluding carboxylic acids is 1. The number of hydrogen-bond acceptors (Lipinski definition) is 5. The number of hydrogen-bond donors (Lipinski definition) is 1. The van der Waals surface area contributed by atoms with E-state index < -0.39 is 14.6 Å². The lowest BCUT2D eigenvalue weighted by molar-refractivity contribution is -0.131. The van der Waals surface area contributed by atoms with Crippen molar-refractivity contribution in [3.8, 4) is 0 Å². The Kier molecular flexibility index (Phi) is 6.90. The van der Waals surface area contributed by atoms with E-state index in [1.54, 1.807) is 20.9 Å². The minimum atomic E-state index is -3.10. The van der Waals surface area contributed by atoms with Crippen LogP contribution in [0.25, 0.3) is 0 Å². The Balaban J connectivity index is 1.44. The Hall–Kier alpha value is -2.29. The van der Waals surface area contributed by atoms with Gasteiger partial charge in [0, 0.05) is 65.0 Å². The molecule has 2 fully saturated rings. The van der Waals surface area contributed by atoms with Gasteiger partial charge in [0.2, 0.25) is 5.91 Å². The molecule has 0 unspecified atom stereocenters. The first-order valence-corrected chi connectivity index (χ1v) is 12.1. The number of aliphatic imine (C=N–C) groups is 1. The molecule has 1 aromatic carbocycles. The van der Waals surface area contributed by atoms with Gasteiger partial charge in [-0.25, -0.2) is 8.42 Å². The second-order valence-electron chi connectivity index (χ2n) is 8.43. The van der Waals surface area contributed by atoms with Crippen molar-refractivity contribution in [1.82, 2.24) is 15.1 Å². The fourth-order valence-corrected chi connectivity index (χ4v) is 5.31. The van der Waals surface area contributed by atoms with Gasteiger partial charge in [-0.1, -0.05) is 18.2 Å². The molecular formula is C21H33N5O3S. The van der Waals surface area contributed by atoms with E-state index in [2.05, 4.69) is 27.3 Å². The molecule has 2 heterocycles. The fraction of sp³-hybridized carbons (Fsp3) is 0.619. The van der Waals surface area contributed by atoms with Crippen LogP contribution in [0, 0.1) is 0 Å². The summed E-state index contributed by atoms with van der Waals surface area (Å²) < 4.78 is 23.6. The Morgan fingerprint density at radius 1 is 1.07 bits per heavy atom. The average molecular weight is 436 g/mol. The van der Waals surface area contributed by atoms with E-state index in [0.717, 1.165) is 26.2 Å². The van der Waals surface area contributed by atoms with Crippen LogP contribution in [0.5, 0.6) is 0 Å². The molecule has 8 nitrogen and oxygen atoms in total. The molecule has 1 amide bonds. The van der Waals surface area contributed by atoms with Crippen LogP contribution in [0.4, 0.5) is 5.69 Å². The molecule has 0 aromatic heterocycles. The standard InChI is InChI=1S/C21H33N5O3S/c1-21(2)17-26(15-16-30(21,28)29)20(22-3)23-10-9-19(27)25-13-11-24(12-14-25)18-7-5-4-6-8-18/h4-8H,9-17H2,1-3H3,(H,22,23). The molecule has 1 aromatic rings. The van der Waals surface area contributed by atoms with Crippen molar-refractivity contribution in [2.45, 2.75) is 25.0 Å². The third-order valence-corrected chi connectivity index (χ3v) is 8.46. The number of rotatable bonds is 4. The van der Waals surface area contributed by atoms with Crippen LogP contribution >= 0.6 is 0 Å². The quantitative estimate of drug-likeness (QED) is 0.557. The number of amides is 1. The highest BCUT2D eigenvalue weighted by molar-refractivity contribution is 7.92. The zero-order valence-electron chi connectivity index (χ0n) is 18.2. The first-order valence-electron chi connectivity index (χ1n) is 10.5. The van der Waals surface area contributed by atoms with Gasteiger partial charge in [-0.15, -0.1) is 0 Å². The molecule has 0 bridgehead atoms. The first-order chi connectivity index (χ1) is 14.2. The van der Waals surface area contributed by atoms with Crippen molar-refractivity contribution < 1.29 is 13.2 Å². The predicted molar refractivity (Wildman–Crippen MR) is 121 cm³/mol. The molecule has 166 valence electrons. The molecular weight excluding hydrogens is 402 g/mol. The molecule has 1 N–H and O–H groups in total. The average Bonchev–Trinajstić information content (AvgIpc) is 2.74. The van der Waals surface area contributed by atoms with E-state index in [0.29, 0.717) is 32.0 Å². The summed E-state index contributed by atoms with van der Waals surface area (Å²) in [5.74, 6) is 0.901. The monoisotopic (exact) mass is 435 g/mol. The summed E-state index contributed by atoms with van der Waals surface area (Å²) >= 11 is 0. The van der Waals surface area contributed by atoms with Crippen molar-refractivity contribution in [2.75, 3.05) is 63.5 Å². The second kappa shape index (κ2) is 9.24. The Labute approximate surface area is 179 Å². The number of anilines is 1. The summed E-state index contributed by atoms with van der Waals surface area (Å²) in [6, 6.07) is 10.3. The highest BCUT2D eigenvalue weighted by atomic mass is 32.2. The molecule has 0 atom stereocenters. The van der Waals surface area contributed by atoms with E-state index in [1.807, 2.05) is 28.0 Å². The zero-order valence-corrected chi connectivity index (χ0v) is 19.0. The van der Waals surface area contributed by atoms with Gasteiger partial charge in [0.05, 0.1) is 10.5 Å². The maximum Gasteiger partial charge on any atom is 0.224 e. The molecule has 0 spiro atoms. The topological polar surface area (TPSA) is 85.3 Å². The second-order valence-corrected chi connectivity index (χ2v) is 11.2. The van der Waals surface area contributed by atoms with Crippen molar-refractivity contribution >= 4 is 27.4 Å². The van der Waals surface area contributed by atoms with Crippen molar-refractivity contribution in [1.29, 1.82) is 0 Å². The molecule has 0 saturated carbocycles. The van der Waals surface area contributed by atoms with Crippen molar-refractivity contribution in [3.05, 3.63) is 30.3 Å². The molecule has 2 aliphatic heterocycles. The fourth-order valence-electron chi connectivity index (χ4n) is 3.95. The van der Waals surface area contributed by atoms with Crippen LogP contribution in [-0.2, 0) is 14.6 Å². The zero-order chi connectivity index (χ0) is 21.8. The number of nitrogens with zero attached hydrogens (tertiary/aromatic N) is 4. The smallest absolute Gasteiger partial charge is 0.224 e. The van der Waals surface area contributed by atoms with Gasteiger partial charge in [-0.2, -0.15) is 0 Å². The van der Waals surface area contributed by atoms with Gasteiger partial charge >= 0.3 is 0 Å². The van der Waals surface area contributed by atoms with E-state index in [-0.39, 0.29) is 11.7 Å². The SMILES string of the molecule is CN=C(NCCC(=O)N1CCN(c2ccccc2)CC1)N1CCS(=O)(=O)C(C)(C)C1. The normalized spacial score (nSPS) is 21.4. The van der Waals surface area contributed by atoms with Crippen LogP contribution in [0.3, 0.4) is 0 Å².